The van der Waals surface area contributed by atoms with Crippen LogP contribution in [0.4, 0.5) is 0 Å². The molecule has 0 radical (unpaired) electrons. The lowest BCUT2D eigenvalue weighted by Gasteiger charge is -2.08. The Hall–Kier alpha value is -4.56. The van der Waals surface area contributed by atoms with E-state index in [0.717, 1.165) is 33.2 Å². The standard InChI is InChI=1S/C32H21NO/c1-2-21-8-7-9-22(18-21)23-14-16-31-27(19-23)28-20-24(15-17-32(28)34-31)33-29-12-5-3-10-25(29)26-11-4-6-13-30(26)33/h2-20H,1H2. The Kier molecular flexibility index (Phi) is 4.03. The van der Waals surface area contributed by atoms with E-state index >= 15 is 0 Å². The summed E-state index contributed by atoms with van der Waals surface area (Å²) in [5.74, 6) is 0. The minimum atomic E-state index is 0.900. The fraction of sp³-hybridized carbons (Fsp3) is 0. The Balaban J connectivity index is 1.48. The van der Waals surface area contributed by atoms with Crippen molar-refractivity contribution in [1.82, 2.24) is 4.57 Å². The summed E-state index contributed by atoms with van der Waals surface area (Å²) in [7, 11) is 0. The van der Waals surface area contributed by atoms with Crippen LogP contribution in [0.3, 0.4) is 0 Å². The van der Waals surface area contributed by atoms with Crippen molar-refractivity contribution in [3.63, 3.8) is 0 Å². The van der Waals surface area contributed by atoms with E-state index in [0.29, 0.717) is 0 Å². The molecule has 34 heavy (non-hydrogen) atoms. The molecule has 0 atom stereocenters. The molecule has 160 valence electrons. The summed E-state index contributed by atoms with van der Waals surface area (Å²) in [5.41, 5.74) is 8.80. The maximum absolute atomic E-state index is 6.21. The van der Waals surface area contributed by atoms with Gasteiger partial charge in [-0.3, -0.25) is 0 Å². The molecule has 0 aliphatic heterocycles. The molecule has 2 heteroatoms. The van der Waals surface area contributed by atoms with Gasteiger partial charge in [-0.2, -0.15) is 0 Å². The van der Waals surface area contributed by atoms with Crippen LogP contribution in [0.2, 0.25) is 0 Å². The normalized spacial score (nSPS) is 11.6. The fourth-order valence-corrected chi connectivity index (χ4v) is 5.13. The predicted octanol–water partition coefficient (Wildman–Crippen LogP) is 8.99. The van der Waals surface area contributed by atoms with E-state index < -0.39 is 0 Å². The molecule has 7 rings (SSSR count). The first-order valence-corrected chi connectivity index (χ1v) is 11.5. The molecule has 2 nitrogen and oxygen atoms in total. The smallest absolute Gasteiger partial charge is 0.135 e. The molecule has 2 heterocycles. The predicted molar refractivity (Wildman–Crippen MR) is 144 cm³/mol. The lowest BCUT2D eigenvalue weighted by atomic mass is 10.0. The van der Waals surface area contributed by atoms with Gasteiger partial charge in [-0.05, 0) is 65.2 Å². The van der Waals surface area contributed by atoms with Crippen LogP contribution in [0.5, 0.6) is 0 Å². The summed E-state index contributed by atoms with van der Waals surface area (Å²) >= 11 is 0. The molecule has 0 saturated carbocycles. The quantitative estimate of drug-likeness (QED) is 0.271. The maximum atomic E-state index is 6.21. The average molecular weight is 436 g/mol. The Labute approximate surface area is 197 Å². The minimum Gasteiger partial charge on any atom is -0.456 e. The van der Waals surface area contributed by atoms with E-state index in [1.807, 2.05) is 6.08 Å². The number of aromatic nitrogens is 1. The molecule has 0 amide bonds. The van der Waals surface area contributed by atoms with Crippen molar-refractivity contribution >= 4 is 49.8 Å². The van der Waals surface area contributed by atoms with Gasteiger partial charge in [-0.15, -0.1) is 0 Å². The van der Waals surface area contributed by atoms with Crippen LogP contribution in [-0.4, -0.2) is 4.57 Å². The van der Waals surface area contributed by atoms with Crippen molar-refractivity contribution in [2.24, 2.45) is 0 Å². The largest absolute Gasteiger partial charge is 0.456 e. The van der Waals surface area contributed by atoms with Gasteiger partial charge in [0, 0.05) is 27.2 Å². The molecule has 5 aromatic carbocycles. The number of hydrogen-bond donors (Lipinski definition) is 0. The third kappa shape index (κ3) is 2.76. The Bertz CT molecular complexity index is 1830. The molecule has 0 N–H and O–H groups in total. The van der Waals surface area contributed by atoms with Crippen LogP contribution in [0.25, 0.3) is 66.6 Å². The Morgan fingerprint density at radius 2 is 1.21 bits per heavy atom. The second-order valence-corrected chi connectivity index (χ2v) is 8.69. The van der Waals surface area contributed by atoms with E-state index in [4.69, 9.17) is 4.42 Å². The molecule has 2 aromatic heterocycles. The molecule has 0 aliphatic rings. The number of hydrogen-bond acceptors (Lipinski definition) is 1. The Morgan fingerprint density at radius 1 is 0.559 bits per heavy atom. The average Bonchev–Trinajstić information content (AvgIpc) is 3.43. The topological polar surface area (TPSA) is 18.1 Å². The van der Waals surface area contributed by atoms with Gasteiger partial charge < -0.3 is 8.98 Å². The van der Waals surface area contributed by atoms with Crippen LogP contribution in [-0.2, 0) is 0 Å². The van der Waals surface area contributed by atoms with Gasteiger partial charge in [0.05, 0.1) is 11.0 Å². The Morgan fingerprint density at radius 3 is 1.94 bits per heavy atom. The van der Waals surface area contributed by atoms with E-state index in [9.17, 15) is 0 Å². The number of furan rings is 1. The van der Waals surface area contributed by atoms with Crippen LogP contribution in [0.15, 0.2) is 120 Å². The number of benzene rings is 5. The van der Waals surface area contributed by atoms with E-state index in [2.05, 4.69) is 120 Å². The summed E-state index contributed by atoms with van der Waals surface area (Å²) in [6.45, 7) is 3.91. The van der Waals surface area contributed by atoms with Gasteiger partial charge in [0.2, 0.25) is 0 Å². The highest BCUT2D eigenvalue weighted by Gasteiger charge is 2.14. The van der Waals surface area contributed by atoms with Gasteiger partial charge in [-0.1, -0.05) is 73.3 Å². The molecule has 0 fully saturated rings. The lowest BCUT2D eigenvalue weighted by molar-refractivity contribution is 0.669. The third-order valence-corrected chi connectivity index (χ3v) is 6.75. The molecule has 0 aliphatic carbocycles. The van der Waals surface area contributed by atoms with Gasteiger partial charge in [0.25, 0.3) is 0 Å². The van der Waals surface area contributed by atoms with Gasteiger partial charge >= 0.3 is 0 Å². The third-order valence-electron chi connectivity index (χ3n) is 6.75. The minimum absolute atomic E-state index is 0.900. The maximum Gasteiger partial charge on any atom is 0.135 e. The summed E-state index contributed by atoms with van der Waals surface area (Å²) in [5, 5.41) is 4.77. The highest BCUT2D eigenvalue weighted by molar-refractivity contribution is 6.10. The van der Waals surface area contributed by atoms with Crippen LogP contribution >= 0.6 is 0 Å². The van der Waals surface area contributed by atoms with Crippen molar-refractivity contribution in [3.8, 4) is 16.8 Å². The zero-order valence-electron chi connectivity index (χ0n) is 18.5. The summed E-state index contributed by atoms with van der Waals surface area (Å²) < 4.78 is 8.56. The van der Waals surface area contributed by atoms with Crippen LogP contribution in [0.1, 0.15) is 5.56 Å². The number of nitrogens with zero attached hydrogens (tertiary/aromatic N) is 1. The highest BCUT2D eigenvalue weighted by Crippen LogP contribution is 2.36. The molecule has 0 unspecified atom stereocenters. The summed E-state index contributed by atoms with van der Waals surface area (Å²) in [6, 6.07) is 38.6. The highest BCUT2D eigenvalue weighted by atomic mass is 16.3. The molecule has 7 aromatic rings. The molecular weight excluding hydrogens is 414 g/mol. The van der Waals surface area contributed by atoms with Gasteiger partial charge in [-0.25, -0.2) is 0 Å². The fourth-order valence-electron chi connectivity index (χ4n) is 5.13. The van der Waals surface area contributed by atoms with E-state index in [1.54, 1.807) is 0 Å². The van der Waals surface area contributed by atoms with Crippen molar-refractivity contribution in [1.29, 1.82) is 0 Å². The SMILES string of the molecule is C=Cc1cccc(-c2ccc3oc4ccc(-n5c6ccccc6c6ccccc65)cc4c3c2)c1. The van der Waals surface area contributed by atoms with Crippen molar-refractivity contribution in [2.75, 3.05) is 0 Å². The second-order valence-electron chi connectivity index (χ2n) is 8.69. The number of fused-ring (bicyclic) bond motifs is 6. The molecule has 0 bridgehead atoms. The van der Waals surface area contributed by atoms with Crippen LogP contribution < -0.4 is 0 Å². The van der Waals surface area contributed by atoms with Crippen molar-refractivity contribution in [2.45, 2.75) is 0 Å². The van der Waals surface area contributed by atoms with Crippen molar-refractivity contribution < 1.29 is 4.42 Å². The summed E-state index contributed by atoms with van der Waals surface area (Å²) in [6.07, 6.45) is 1.88. The number of rotatable bonds is 3. The van der Waals surface area contributed by atoms with Crippen molar-refractivity contribution in [3.05, 3.63) is 121 Å². The first-order chi connectivity index (χ1) is 16.8. The zero-order valence-corrected chi connectivity index (χ0v) is 18.5. The van der Waals surface area contributed by atoms with E-state index in [1.165, 1.54) is 32.9 Å². The molecule has 0 saturated heterocycles. The number of para-hydroxylation sites is 2. The first kappa shape index (κ1) is 19.0. The van der Waals surface area contributed by atoms with Crippen LogP contribution in [0, 0.1) is 0 Å². The molecular formula is C32H21NO. The molecule has 0 spiro atoms. The van der Waals surface area contributed by atoms with Gasteiger partial charge in [0.15, 0.2) is 0 Å². The second kappa shape index (κ2) is 7.23. The lowest BCUT2D eigenvalue weighted by Crippen LogP contribution is -1.93. The first-order valence-electron chi connectivity index (χ1n) is 11.5. The van der Waals surface area contributed by atoms with E-state index in [-0.39, 0.29) is 0 Å². The summed E-state index contributed by atoms with van der Waals surface area (Å²) in [4.78, 5) is 0. The van der Waals surface area contributed by atoms with Gasteiger partial charge in [0.1, 0.15) is 11.2 Å². The zero-order chi connectivity index (χ0) is 22.6. The monoisotopic (exact) mass is 435 g/mol.